The van der Waals surface area contributed by atoms with Crippen molar-refractivity contribution in [3.8, 4) is 11.3 Å². The molecule has 144 valence electrons. The second-order valence-corrected chi connectivity index (χ2v) is 9.33. The molecule has 1 N–H and O–H groups in total. The number of carbonyl (C=O) groups excluding carboxylic acids is 1. The van der Waals surface area contributed by atoms with E-state index in [0.717, 1.165) is 16.8 Å². The third-order valence-electron chi connectivity index (χ3n) is 4.90. The normalized spacial score (nSPS) is 18.1. The first kappa shape index (κ1) is 18.4. The second kappa shape index (κ2) is 7.24. The van der Waals surface area contributed by atoms with Crippen molar-refractivity contribution >= 4 is 21.4 Å². The molecule has 2 heterocycles. The predicted molar refractivity (Wildman–Crippen MR) is 109 cm³/mol. The van der Waals surface area contributed by atoms with Gasteiger partial charge in [0.05, 0.1) is 23.2 Å². The zero-order valence-corrected chi connectivity index (χ0v) is 16.3. The number of nitrogens with zero attached hydrogens (tertiary/aromatic N) is 2. The van der Waals surface area contributed by atoms with Gasteiger partial charge in [-0.2, -0.15) is 5.10 Å². The summed E-state index contributed by atoms with van der Waals surface area (Å²) in [6.45, 7) is 2.00. The zero-order valence-electron chi connectivity index (χ0n) is 15.5. The molecule has 4 rings (SSSR count). The Balaban J connectivity index is 1.71. The molecule has 28 heavy (non-hydrogen) atoms. The summed E-state index contributed by atoms with van der Waals surface area (Å²) in [5.74, 6) is -0.122. The van der Waals surface area contributed by atoms with Crippen molar-refractivity contribution in [3.05, 3.63) is 71.9 Å². The van der Waals surface area contributed by atoms with E-state index < -0.39 is 9.84 Å². The molecule has 0 unspecified atom stereocenters. The van der Waals surface area contributed by atoms with Crippen LogP contribution in [0.15, 0.2) is 60.7 Å². The van der Waals surface area contributed by atoms with Gasteiger partial charge in [0.25, 0.3) is 5.91 Å². The van der Waals surface area contributed by atoms with Gasteiger partial charge in [-0.3, -0.25) is 9.48 Å². The molecule has 0 saturated carbocycles. The highest BCUT2D eigenvalue weighted by molar-refractivity contribution is 7.91. The molecule has 1 saturated heterocycles. The maximum atomic E-state index is 12.7. The number of hydrogen-bond donors (Lipinski definition) is 1. The molecular formula is C21H21N3O3S. The number of aryl methyl sites for hydroxylation is 1. The minimum atomic E-state index is -3.07. The number of amides is 1. The lowest BCUT2D eigenvalue weighted by Gasteiger charge is -2.13. The molecular weight excluding hydrogens is 374 g/mol. The Morgan fingerprint density at radius 2 is 1.82 bits per heavy atom. The first-order valence-electron chi connectivity index (χ1n) is 9.15. The predicted octanol–water partition coefficient (Wildman–Crippen LogP) is 3.47. The van der Waals surface area contributed by atoms with Crippen molar-refractivity contribution in [1.82, 2.24) is 9.78 Å². The van der Waals surface area contributed by atoms with Gasteiger partial charge in [-0.05, 0) is 37.1 Å². The summed E-state index contributed by atoms with van der Waals surface area (Å²) in [6, 6.07) is 18.5. The average Bonchev–Trinajstić information content (AvgIpc) is 3.27. The summed E-state index contributed by atoms with van der Waals surface area (Å²) in [5, 5.41) is 7.33. The van der Waals surface area contributed by atoms with Crippen molar-refractivity contribution < 1.29 is 13.2 Å². The molecule has 1 aromatic heterocycles. The molecule has 3 aromatic rings. The first-order chi connectivity index (χ1) is 13.4. The van der Waals surface area contributed by atoms with Gasteiger partial charge >= 0.3 is 0 Å². The Labute approximate surface area is 164 Å². The lowest BCUT2D eigenvalue weighted by Crippen LogP contribution is -2.16. The third-order valence-corrected chi connectivity index (χ3v) is 6.65. The highest BCUT2D eigenvalue weighted by Gasteiger charge is 2.32. The Kier molecular flexibility index (Phi) is 4.77. The van der Waals surface area contributed by atoms with Crippen LogP contribution in [0.3, 0.4) is 0 Å². The number of carbonyl (C=O) groups is 1. The molecule has 7 heteroatoms. The maximum absolute atomic E-state index is 12.7. The quantitative estimate of drug-likeness (QED) is 0.733. The van der Waals surface area contributed by atoms with E-state index in [1.165, 1.54) is 0 Å². The standard InChI is InChI=1S/C21H21N3O3S/c1-15-7-9-16(10-8-15)20-13-19(21(25)22-17-5-3-2-4-6-17)23-24(20)18-11-12-28(26,27)14-18/h2-10,13,18H,11-12,14H2,1H3,(H,22,25)/t18-/m0/s1. The number of nitrogens with one attached hydrogen (secondary N) is 1. The van der Waals surface area contributed by atoms with Gasteiger partial charge in [0.2, 0.25) is 0 Å². The fourth-order valence-corrected chi connectivity index (χ4v) is 5.10. The van der Waals surface area contributed by atoms with Gasteiger partial charge in [0.1, 0.15) is 0 Å². The van der Waals surface area contributed by atoms with Crippen LogP contribution in [0.1, 0.15) is 28.5 Å². The van der Waals surface area contributed by atoms with E-state index in [1.54, 1.807) is 22.9 Å². The van der Waals surface area contributed by atoms with Gasteiger partial charge in [0, 0.05) is 5.69 Å². The number of aromatic nitrogens is 2. The minimum absolute atomic E-state index is 0.0489. The fraction of sp³-hybridized carbons (Fsp3) is 0.238. The number of sulfone groups is 1. The van der Waals surface area contributed by atoms with Crippen molar-refractivity contribution in [2.75, 3.05) is 16.8 Å². The lowest BCUT2D eigenvalue weighted by molar-refractivity contribution is 0.102. The topological polar surface area (TPSA) is 81.1 Å². The molecule has 0 aliphatic carbocycles. The van der Waals surface area contributed by atoms with Crippen molar-refractivity contribution in [3.63, 3.8) is 0 Å². The van der Waals surface area contributed by atoms with Crippen LogP contribution < -0.4 is 5.32 Å². The summed E-state index contributed by atoms with van der Waals surface area (Å²) < 4.78 is 25.6. The van der Waals surface area contributed by atoms with E-state index in [2.05, 4.69) is 10.4 Å². The molecule has 0 bridgehead atoms. The van der Waals surface area contributed by atoms with E-state index in [9.17, 15) is 13.2 Å². The van der Waals surface area contributed by atoms with Crippen LogP contribution in [-0.2, 0) is 9.84 Å². The number of hydrogen-bond acceptors (Lipinski definition) is 4. The van der Waals surface area contributed by atoms with E-state index in [1.807, 2.05) is 49.4 Å². The van der Waals surface area contributed by atoms with Crippen LogP contribution in [0.25, 0.3) is 11.3 Å². The molecule has 6 nitrogen and oxygen atoms in total. The van der Waals surface area contributed by atoms with Crippen molar-refractivity contribution in [2.45, 2.75) is 19.4 Å². The molecule has 1 fully saturated rings. The minimum Gasteiger partial charge on any atom is -0.321 e. The van der Waals surface area contributed by atoms with E-state index in [4.69, 9.17) is 0 Å². The Hall–Kier alpha value is -2.93. The van der Waals surface area contributed by atoms with Crippen LogP contribution in [0.2, 0.25) is 0 Å². The van der Waals surface area contributed by atoms with Crippen molar-refractivity contribution in [2.24, 2.45) is 0 Å². The number of benzene rings is 2. The monoisotopic (exact) mass is 395 g/mol. The SMILES string of the molecule is Cc1ccc(-c2cc(C(=O)Nc3ccccc3)nn2[C@H]2CCS(=O)(=O)C2)cc1. The van der Waals surface area contributed by atoms with Gasteiger partial charge in [-0.25, -0.2) is 8.42 Å². The summed E-state index contributed by atoms with van der Waals surface area (Å²) in [7, 11) is -3.07. The van der Waals surface area contributed by atoms with E-state index in [0.29, 0.717) is 12.1 Å². The largest absolute Gasteiger partial charge is 0.321 e. The summed E-state index contributed by atoms with van der Waals surface area (Å²) in [6.07, 6.45) is 0.503. The van der Waals surface area contributed by atoms with Gasteiger partial charge in [-0.15, -0.1) is 0 Å². The highest BCUT2D eigenvalue weighted by atomic mass is 32.2. The average molecular weight is 395 g/mol. The van der Waals surface area contributed by atoms with Crippen molar-refractivity contribution in [1.29, 1.82) is 0 Å². The number of para-hydroxylation sites is 1. The van der Waals surface area contributed by atoms with Gasteiger partial charge in [-0.1, -0.05) is 48.0 Å². The van der Waals surface area contributed by atoms with E-state index >= 15 is 0 Å². The van der Waals surface area contributed by atoms with Crippen LogP contribution in [-0.4, -0.2) is 35.6 Å². The molecule has 2 aromatic carbocycles. The van der Waals surface area contributed by atoms with Gasteiger partial charge in [0.15, 0.2) is 15.5 Å². The molecule has 0 spiro atoms. The number of rotatable bonds is 4. The second-order valence-electron chi connectivity index (χ2n) is 7.10. The Morgan fingerprint density at radius 1 is 1.11 bits per heavy atom. The Morgan fingerprint density at radius 3 is 2.46 bits per heavy atom. The smallest absolute Gasteiger partial charge is 0.276 e. The molecule has 1 aliphatic heterocycles. The van der Waals surface area contributed by atoms with Gasteiger partial charge < -0.3 is 5.32 Å². The van der Waals surface area contributed by atoms with E-state index in [-0.39, 0.29) is 29.1 Å². The highest BCUT2D eigenvalue weighted by Crippen LogP contribution is 2.30. The van der Waals surface area contributed by atoms with Crippen LogP contribution >= 0.6 is 0 Å². The summed E-state index contributed by atoms with van der Waals surface area (Å²) >= 11 is 0. The maximum Gasteiger partial charge on any atom is 0.276 e. The van der Waals surface area contributed by atoms with Crippen LogP contribution in [0.5, 0.6) is 0 Å². The fourth-order valence-electron chi connectivity index (χ4n) is 3.41. The lowest BCUT2D eigenvalue weighted by atomic mass is 10.1. The summed E-state index contributed by atoms with van der Waals surface area (Å²) in [4.78, 5) is 12.7. The van der Waals surface area contributed by atoms with Crippen LogP contribution in [0.4, 0.5) is 5.69 Å². The molecule has 1 aliphatic rings. The third kappa shape index (κ3) is 3.84. The van der Waals surface area contributed by atoms with Crippen LogP contribution in [0, 0.1) is 6.92 Å². The Bertz CT molecular complexity index is 1100. The molecule has 0 radical (unpaired) electrons. The molecule has 1 amide bonds. The summed E-state index contributed by atoms with van der Waals surface area (Å²) in [5.41, 5.74) is 3.73. The molecule has 1 atom stereocenters. The first-order valence-corrected chi connectivity index (χ1v) is 11.0. The zero-order chi connectivity index (χ0) is 19.7. The number of anilines is 1.